The van der Waals surface area contributed by atoms with E-state index in [0.717, 1.165) is 13.0 Å². The minimum Gasteiger partial charge on any atom is -0.338 e. The first-order chi connectivity index (χ1) is 9.79. The van der Waals surface area contributed by atoms with Crippen molar-refractivity contribution in [3.63, 3.8) is 0 Å². The number of benzene rings is 1. The second-order valence-electron chi connectivity index (χ2n) is 6.68. The van der Waals surface area contributed by atoms with Crippen LogP contribution < -0.4 is 10.6 Å². The van der Waals surface area contributed by atoms with E-state index in [4.69, 9.17) is 0 Å². The lowest BCUT2D eigenvalue weighted by Crippen LogP contribution is -2.39. The van der Waals surface area contributed by atoms with Gasteiger partial charge in [0.05, 0.1) is 0 Å². The van der Waals surface area contributed by atoms with Crippen LogP contribution in [0.4, 0.5) is 4.79 Å². The van der Waals surface area contributed by atoms with Crippen LogP contribution in [-0.2, 0) is 11.8 Å². The van der Waals surface area contributed by atoms with E-state index in [2.05, 4.69) is 55.7 Å². The molecule has 0 aliphatic carbocycles. The lowest BCUT2D eigenvalue weighted by molar-refractivity contribution is 0.239. The topological polar surface area (TPSA) is 44.4 Å². The van der Waals surface area contributed by atoms with Crippen LogP contribution in [0.3, 0.4) is 0 Å². The fourth-order valence-electron chi connectivity index (χ4n) is 1.95. The minimum atomic E-state index is -0.0943. The average molecular weight is 291 g/mol. The number of likely N-dealkylation sites (N-methyl/N-ethyl adjacent to an activating group) is 1. The fourth-order valence-corrected chi connectivity index (χ4v) is 1.95. The number of nitrogens with one attached hydrogen (secondary N) is 2. The van der Waals surface area contributed by atoms with Gasteiger partial charge >= 0.3 is 6.03 Å². The van der Waals surface area contributed by atoms with E-state index < -0.39 is 0 Å². The SMILES string of the molecule is CN(C)CCNC(=O)NCCc1ccc(C(C)(C)C)cc1. The molecule has 0 heterocycles. The molecule has 2 amide bonds. The van der Waals surface area contributed by atoms with Crippen LogP contribution in [0.1, 0.15) is 31.9 Å². The van der Waals surface area contributed by atoms with Crippen LogP contribution in [0, 0.1) is 0 Å². The van der Waals surface area contributed by atoms with Gasteiger partial charge in [-0.25, -0.2) is 4.79 Å². The van der Waals surface area contributed by atoms with Crippen LogP contribution in [0.2, 0.25) is 0 Å². The van der Waals surface area contributed by atoms with Gasteiger partial charge in [-0.2, -0.15) is 0 Å². The molecule has 0 saturated heterocycles. The Morgan fingerprint density at radius 2 is 1.62 bits per heavy atom. The van der Waals surface area contributed by atoms with E-state index in [-0.39, 0.29) is 11.4 Å². The first-order valence-electron chi connectivity index (χ1n) is 7.55. The molecule has 118 valence electrons. The average Bonchev–Trinajstić information content (AvgIpc) is 2.38. The molecular weight excluding hydrogens is 262 g/mol. The van der Waals surface area contributed by atoms with Crippen molar-refractivity contribution >= 4 is 6.03 Å². The highest BCUT2D eigenvalue weighted by molar-refractivity contribution is 5.73. The van der Waals surface area contributed by atoms with E-state index in [0.29, 0.717) is 13.1 Å². The molecule has 1 rings (SSSR count). The number of carbonyl (C=O) groups is 1. The van der Waals surface area contributed by atoms with Crippen LogP contribution in [0.5, 0.6) is 0 Å². The Balaban J connectivity index is 2.28. The summed E-state index contributed by atoms with van der Waals surface area (Å²) in [6.07, 6.45) is 0.853. The zero-order valence-corrected chi connectivity index (χ0v) is 14.0. The Morgan fingerprint density at radius 1 is 1.05 bits per heavy atom. The summed E-state index contributed by atoms with van der Waals surface area (Å²) < 4.78 is 0. The third-order valence-electron chi connectivity index (χ3n) is 3.36. The highest BCUT2D eigenvalue weighted by atomic mass is 16.2. The van der Waals surface area contributed by atoms with E-state index in [1.54, 1.807) is 0 Å². The smallest absolute Gasteiger partial charge is 0.314 e. The Hall–Kier alpha value is -1.55. The summed E-state index contributed by atoms with van der Waals surface area (Å²) >= 11 is 0. The summed E-state index contributed by atoms with van der Waals surface area (Å²) in [5.41, 5.74) is 2.76. The molecule has 0 spiro atoms. The number of hydrogen-bond donors (Lipinski definition) is 2. The predicted molar refractivity (Wildman–Crippen MR) is 88.8 cm³/mol. The highest BCUT2D eigenvalue weighted by Crippen LogP contribution is 2.22. The Bertz CT molecular complexity index is 432. The summed E-state index contributed by atoms with van der Waals surface area (Å²) in [5, 5.41) is 5.72. The summed E-state index contributed by atoms with van der Waals surface area (Å²) in [6.45, 7) is 8.80. The number of carbonyl (C=O) groups excluding carboxylic acids is 1. The molecule has 4 nitrogen and oxygen atoms in total. The summed E-state index contributed by atoms with van der Waals surface area (Å²) in [6, 6.07) is 8.54. The van der Waals surface area contributed by atoms with Gasteiger partial charge in [-0.15, -0.1) is 0 Å². The van der Waals surface area contributed by atoms with Gasteiger partial charge in [-0.3, -0.25) is 0 Å². The lowest BCUT2D eigenvalue weighted by atomic mass is 9.86. The van der Waals surface area contributed by atoms with Gasteiger partial charge in [0.25, 0.3) is 0 Å². The number of urea groups is 1. The Kier molecular flexibility index (Phi) is 6.69. The molecular formula is C17H29N3O. The molecule has 0 atom stereocenters. The molecule has 1 aromatic carbocycles. The van der Waals surface area contributed by atoms with Crippen molar-refractivity contribution in [3.05, 3.63) is 35.4 Å². The van der Waals surface area contributed by atoms with Crippen LogP contribution in [0.15, 0.2) is 24.3 Å². The predicted octanol–water partition coefficient (Wildman–Crippen LogP) is 2.39. The zero-order chi connectivity index (χ0) is 15.9. The minimum absolute atomic E-state index is 0.0943. The van der Waals surface area contributed by atoms with E-state index >= 15 is 0 Å². The largest absolute Gasteiger partial charge is 0.338 e. The van der Waals surface area contributed by atoms with Crippen molar-refractivity contribution in [1.29, 1.82) is 0 Å². The quantitative estimate of drug-likeness (QED) is 0.845. The molecule has 4 heteroatoms. The second kappa shape index (κ2) is 8.03. The normalized spacial score (nSPS) is 11.5. The van der Waals surface area contributed by atoms with E-state index in [9.17, 15) is 4.79 Å². The van der Waals surface area contributed by atoms with Crippen LogP contribution in [-0.4, -0.2) is 44.7 Å². The molecule has 0 aromatic heterocycles. The molecule has 0 aliphatic heterocycles. The molecule has 1 aromatic rings. The monoisotopic (exact) mass is 291 g/mol. The second-order valence-corrected chi connectivity index (χ2v) is 6.68. The first-order valence-corrected chi connectivity index (χ1v) is 7.55. The Labute approximate surface area is 128 Å². The number of nitrogens with zero attached hydrogens (tertiary/aromatic N) is 1. The van der Waals surface area contributed by atoms with Crippen molar-refractivity contribution in [2.45, 2.75) is 32.6 Å². The van der Waals surface area contributed by atoms with Gasteiger partial charge in [0.1, 0.15) is 0 Å². The van der Waals surface area contributed by atoms with Gasteiger partial charge in [-0.05, 0) is 37.1 Å². The van der Waals surface area contributed by atoms with Crippen molar-refractivity contribution in [1.82, 2.24) is 15.5 Å². The molecule has 2 N–H and O–H groups in total. The summed E-state index contributed by atoms with van der Waals surface area (Å²) in [5.74, 6) is 0. The molecule has 0 fully saturated rings. The van der Waals surface area contributed by atoms with E-state index in [1.807, 2.05) is 19.0 Å². The number of rotatable bonds is 6. The maximum atomic E-state index is 11.6. The first kappa shape index (κ1) is 17.5. The van der Waals surface area contributed by atoms with Crippen molar-refractivity contribution in [3.8, 4) is 0 Å². The van der Waals surface area contributed by atoms with E-state index in [1.165, 1.54) is 11.1 Å². The van der Waals surface area contributed by atoms with Gasteiger partial charge in [0.15, 0.2) is 0 Å². The van der Waals surface area contributed by atoms with Gasteiger partial charge in [-0.1, -0.05) is 45.0 Å². The molecule has 0 saturated carbocycles. The van der Waals surface area contributed by atoms with Gasteiger partial charge in [0, 0.05) is 19.6 Å². The van der Waals surface area contributed by atoms with Gasteiger partial charge < -0.3 is 15.5 Å². The summed E-state index contributed by atoms with van der Waals surface area (Å²) in [4.78, 5) is 13.6. The molecule has 0 aliphatic rings. The van der Waals surface area contributed by atoms with Crippen LogP contribution in [0.25, 0.3) is 0 Å². The third kappa shape index (κ3) is 7.14. The third-order valence-corrected chi connectivity index (χ3v) is 3.36. The molecule has 21 heavy (non-hydrogen) atoms. The highest BCUT2D eigenvalue weighted by Gasteiger charge is 2.12. The fraction of sp³-hybridized carbons (Fsp3) is 0.588. The standard InChI is InChI=1S/C17H29N3O/c1-17(2,3)15-8-6-14(7-9-15)10-11-18-16(21)19-12-13-20(4)5/h6-9H,10-13H2,1-5H3,(H2,18,19,21). The zero-order valence-electron chi connectivity index (χ0n) is 14.0. The molecule has 0 bridgehead atoms. The number of amides is 2. The lowest BCUT2D eigenvalue weighted by Gasteiger charge is -2.19. The van der Waals surface area contributed by atoms with Gasteiger partial charge in [0.2, 0.25) is 0 Å². The molecule has 0 radical (unpaired) electrons. The molecule has 0 unspecified atom stereocenters. The van der Waals surface area contributed by atoms with Crippen molar-refractivity contribution < 1.29 is 4.79 Å². The van der Waals surface area contributed by atoms with Crippen molar-refractivity contribution in [2.75, 3.05) is 33.7 Å². The Morgan fingerprint density at radius 3 is 2.14 bits per heavy atom. The summed E-state index contributed by atoms with van der Waals surface area (Å²) in [7, 11) is 3.97. The maximum Gasteiger partial charge on any atom is 0.314 e. The van der Waals surface area contributed by atoms with Crippen LogP contribution >= 0.6 is 0 Å². The number of hydrogen-bond acceptors (Lipinski definition) is 2. The van der Waals surface area contributed by atoms with Crippen molar-refractivity contribution in [2.24, 2.45) is 0 Å². The maximum absolute atomic E-state index is 11.6.